The Balaban J connectivity index is 0.00000160. The topological polar surface area (TPSA) is 136 Å². The molecule has 1 aliphatic carbocycles. The quantitative estimate of drug-likeness (QED) is 0.421. The van der Waals surface area contributed by atoms with Crippen molar-refractivity contribution >= 4 is 40.4 Å². The van der Waals surface area contributed by atoms with Gasteiger partial charge < -0.3 is 35.1 Å². The predicted molar refractivity (Wildman–Crippen MR) is 106 cm³/mol. The van der Waals surface area contributed by atoms with E-state index in [1.54, 1.807) is 25.3 Å². The number of nitrogens with one attached hydrogen (secondary N) is 2. The fourth-order valence-electron chi connectivity index (χ4n) is 3.04. The molecule has 1 amide bonds. The summed E-state index contributed by atoms with van der Waals surface area (Å²) in [5.41, 5.74) is 2.74. The predicted octanol–water partition coefficient (Wildman–Crippen LogP) is 0.171. The van der Waals surface area contributed by atoms with Crippen LogP contribution in [-0.2, 0) is 16.0 Å². The molecule has 3 N–H and O–H groups in total. The van der Waals surface area contributed by atoms with Crippen molar-refractivity contribution in [1.29, 1.82) is 0 Å². The van der Waals surface area contributed by atoms with Crippen LogP contribution in [0.25, 0.3) is 11.0 Å². The van der Waals surface area contributed by atoms with Gasteiger partial charge in [-0.05, 0) is 31.4 Å². The summed E-state index contributed by atoms with van der Waals surface area (Å²) >= 11 is 0. The number of carbonyl (C=O) groups excluding carboxylic acids is 2. The van der Waals surface area contributed by atoms with Crippen molar-refractivity contribution in [2.45, 2.75) is 26.2 Å². The van der Waals surface area contributed by atoms with Crippen molar-refractivity contribution in [3.8, 4) is 5.75 Å². The molecule has 9 nitrogen and oxygen atoms in total. The second-order valence-electron chi connectivity index (χ2n) is 6.61. The Morgan fingerprint density at radius 1 is 1.33 bits per heavy atom. The number of benzene rings is 1. The Morgan fingerprint density at radius 3 is 2.73 bits per heavy atom. The minimum atomic E-state index is -0.0580. The largest absolute Gasteiger partial charge is 1.00 e. The zero-order chi connectivity index (χ0) is 19.7. The summed E-state index contributed by atoms with van der Waals surface area (Å²) in [6, 6.07) is 5.18. The van der Waals surface area contributed by atoms with Gasteiger partial charge in [-0.25, -0.2) is 0 Å². The number of amides is 1. The summed E-state index contributed by atoms with van der Waals surface area (Å²) in [5.74, 6) is 0.932. The number of fused-ring (bicyclic) bond motifs is 1. The molecule has 0 atom stereocenters. The smallest absolute Gasteiger partial charge is 0.870 e. The van der Waals surface area contributed by atoms with Gasteiger partial charge in [-0.3, -0.25) is 4.79 Å². The molecule has 2 aromatic heterocycles. The number of aryl methyl sites for hydroxylation is 1. The van der Waals surface area contributed by atoms with E-state index >= 15 is 0 Å². The molecule has 2 heterocycles. The van der Waals surface area contributed by atoms with Gasteiger partial charge in [-0.1, -0.05) is 30.0 Å². The van der Waals surface area contributed by atoms with Crippen molar-refractivity contribution in [2.75, 3.05) is 17.7 Å². The van der Waals surface area contributed by atoms with E-state index in [0.29, 0.717) is 34.9 Å². The third-order valence-electron chi connectivity index (χ3n) is 4.68. The van der Waals surface area contributed by atoms with Crippen LogP contribution in [0.2, 0.25) is 0 Å². The maximum absolute atomic E-state index is 12.0. The van der Waals surface area contributed by atoms with Crippen LogP contribution in [0, 0.1) is 5.92 Å². The van der Waals surface area contributed by atoms with Crippen LogP contribution >= 0.6 is 0 Å². The van der Waals surface area contributed by atoms with E-state index in [1.165, 1.54) is 6.20 Å². The summed E-state index contributed by atoms with van der Waals surface area (Å²) in [5, 5.41) is 10.8. The monoisotopic (exact) mass is 403 g/mol. The summed E-state index contributed by atoms with van der Waals surface area (Å²) < 4.78 is 10.9. The van der Waals surface area contributed by atoms with Crippen LogP contribution in [0.1, 0.15) is 31.0 Å². The molecule has 10 heteroatoms. The number of hydrogen-bond acceptors (Lipinski definition) is 8. The first-order chi connectivity index (χ1) is 13.6. The first kappa shape index (κ1) is 23.4. The second-order valence-corrected chi connectivity index (χ2v) is 6.61. The van der Waals surface area contributed by atoms with Gasteiger partial charge in [0.15, 0.2) is 11.3 Å². The van der Waals surface area contributed by atoms with E-state index in [2.05, 4.69) is 20.8 Å². The molecular weight excluding hydrogens is 383 g/mol. The van der Waals surface area contributed by atoms with Crippen LogP contribution < -0.4 is 34.2 Å². The zero-order valence-electron chi connectivity index (χ0n) is 17.0. The number of ether oxygens (including phenoxy) is 1. The Labute approximate surface area is 185 Å². The van der Waals surface area contributed by atoms with Crippen LogP contribution in [0.3, 0.4) is 0 Å². The van der Waals surface area contributed by atoms with Crippen molar-refractivity contribution in [3.05, 3.63) is 35.7 Å². The summed E-state index contributed by atoms with van der Waals surface area (Å²) in [4.78, 5) is 27.5. The molecule has 4 rings (SSSR count). The van der Waals surface area contributed by atoms with Crippen LogP contribution in [0.4, 0.5) is 17.2 Å². The van der Waals surface area contributed by atoms with Crippen molar-refractivity contribution in [2.24, 2.45) is 5.92 Å². The number of rotatable bonds is 7. The Kier molecular flexibility index (Phi) is 7.62. The Hall–Kier alpha value is -2.86. The number of nitrogens with zero attached hydrogens (tertiary/aromatic N) is 2. The number of hydrogen-bond donors (Lipinski definition) is 2. The van der Waals surface area contributed by atoms with Crippen molar-refractivity contribution in [3.63, 3.8) is 0 Å². The summed E-state index contributed by atoms with van der Waals surface area (Å²) in [7, 11) is 1.56. The van der Waals surface area contributed by atoms with Gasteiger partial charge in [-0.2, -0.15) is 0 Å². The summed E-state index contributed by atoms with van der Waals surface area (Å²) in [6.07, 6.45) is 5.72. The van der Waals surface area contributed by atoms with E-state index in [-0.39, 0.29) is 41.7 Å². The molecule has 0 unspecified atom stereocenters. The average Bonchev–Trinajstić information content (AvgIpc) is 3.48. The van der Waals surface area contributed by atoms with Gasteiger partial charge in [0.1, 0.15) is 5.82 Å². The maximum Gasteiger partial charge on any atom is 1.00 e. The molecular formula is C20H20LiN4O5-. The number of anilines is 3. The summed E-state index contributed by atoms with van der Waals surface area (Å²) in [6.45, 7) is 1.98. The van der Waals surface area contributed by atoms with Gasteiger partial charge >= 0.3 is 18.9 Å². The van der Waals surface area contributed by atoms with Gasteiger partial charge in [0.25, 0.3) is 0 Å². The molecule has 1 saturated carbocycles. The van der Waals surface area contributed by atoms with E-state index in [0.717, 1.165) is 23.9 Å². The van der Waals surface area contributed by atoms with Gasteiger partial charge in [0.05, 0.1) is 30.2 Å². The Morgan fingerprint density at radius 2 is 2.10 bits per heavy atom. The molecule has 1 aliphatic rings. The molecule has 0 aliphatic heterocycles. The normalized spacial score (nSPS) is 12.5. The van der Waals surface area contributed by atoms with E-state index in [9.17, 15) is 9.59 Å². The Bertz CT molecular complexity index is 1060. The third-order valence-corrected chi connectivity index (χ3v) is 4.68. The minimum absolute atomic E-state index is 0. The SMILES string of the molecule is CCc1noc2ccc(Nc3cc(NC(=O)C4CC4)ncc3[C-]=O)c(OC)c12.[Li+].[OH-]. The van der Waals surface area contributed by atoms with Gasteiger partial charge in [0, 0.05) is 5.92 Å². The van der Waals surface area contributed by atoms with Crippen LogP contribution in [0.15, 0.2) is 28.9 Å². The minimum Gasteiger partial charge on any atom is -0.870 e. The molecule has 3 aromatic rings. The number of aromatic nitrogens is 2. The van der Waals surface area contributed by atoms with E-state index < -0.39 is 0 Å². The van der Waals surface area contributed by atoms with Crippen LogP contribution in [0.5, 0.6) is 5.75 Å². The molecule has 152 valence electrons. The maximum atomic E-state index is 12.0. The van der Waals surface area contributed by atoms with Crippen molar-refractivity contribution < 1.29 is 43.2 Å². The van der Waals surface area contributed by atoms with Gasteiger partial charge in [-0.15, -0.1) is 5.56 Å². The number of carbonyl (C=O) groups is 1. The first-order valence-electron chi connectivity index (χ1n) is 9.06. The third kappa shape index (κ3) is 4.49. The van der Waals surface area contributed by atoms with Crippen LogP contribution in [-0.4, -0.2) is 34.9 Å². The fourth-order valence-corrected chi connectivity index (χ4v) is 3.04. The molecule has 0 bridgehead atoms. The van der Waals surface area contributed by atoms with E-state index in [1.807, 2.05) is 13.2 Å². The molecule has 0 saturated heterocycles. The average molecular weight is 403 g/mol. The number of pyridine rings is 1. The van der Waals surface area contributed by atoms with Gasteiger partial charge in [0.2, 0.25) is 5.91 Å². The zero-order valence-corrected chi connectivity index (χ0v) is 17.0. The molecule has 0 spiro atoms. The molecule has 30 heavy (non-hydrogen) atoms. The molecule has 1 aromatic carbocycles. The molecule has 0 radical (unpaired) electrons. The first-order valence-corrected chi connectivity index (χ1v) is 9.06. The standard InChI is InChI=1S/C20H19N4O4.Li.H2O/c1-3-13-18-16(28-24-13)7-6-14(19(18)27-2)22-15-8-17(21-9-12(15)10-25)23-20(26)11-4-5-11;;/h6-9,11H,3-5H2,1-2H3,(H2,21,22,23,26);;1H2/q-1;+1;/p-1. The number of methoxy groups -OCH3 is 1. The van der Waals surface area contributed by atoms with E-state index in [4.69, 9.17) is 9.26 Å². The molecule has 1 fully saturated rings. The van der Waals surface area contributed by atoms with Crippen molar-refractivity contribution in [1.82, 2.24) is 10.1 Å². The fraction of sp³-hybridized carbons (Fsp3) is 0.300. The second kappa shape index (κ2) is 9.76.